The highest BCUT2D eigenvalue weighted by Crippen LogP contribution is 2.21. The maximum atomic E-state index is 12.8. The third-order valence-corrected chi connectivity index (χ3v) is 6.90. The Labute approximate surface area is 168 Å². The van der Waals surface area contributed by atoms with Crippen LogP contribution in [0.15, 0.2) is 57.9 Å². The first-order valence-electron chi connectivity index (χ1n) is 8.69. The van der Waals surface area contributed by atoms with Crippen LogP contribution in [0, 0.1) is 0 Å². The highest BCUT2D eigenvalue weighted by atomic mass is 79.9. The lowest BCUT2D eigenvalue weighted by molar-refractivity contribution is -0.114. The Morgan fingerprint density at radius 3 is 2.15 bits per heavy atom. The molecule has 6 nitrogen and oxygen atoms in total. The first kappa shape index (κ1) is 20.0. The molecule has 0 aliphatic carbocycles. The minimum atomic E-state index is -3.52. The fourth-order valence-electron chi connectivity index (χ4n) is 3.04. The average Bonchev–Trinajstić information content (AvgIpc) is 2.64. The van der Waals surface area contributed by atoms with Crippen molar-refractivity contribution in [1.29, 1.82) is 0 Å². The number of anilines is 1. The normalized spacial score (nSPS) is 16.2. The number of carbonyl (C=O) groups excluding carboxylic acids is 1. The minimum Gasteiger partial charge on any atom is -0.326 e. The predicted molar refractivity (Wildman–Crippen MR) is 109 cm³/mol. The third-order valence-electron chi connectivity index (χ3n) is 4.46. The van der Waals surface area contributed by atoms with Gasteiger partial charge in [0.1, 0.15) is 0 Å². The van der Waals surface area contributed by atoms with Gasteiger partial charge in [-0.05, 0) is 42.0 Å². The number of nitrogens with zero attached hydrogens (tertiary/aromatic N) is 2. The van der Waals surface area contributed by atoms with Gasteiger partial charge in [0, 0.05) is 49.8 Å². The molecule has 1 aliphatic rings. The molecule has 1 fully saturated rings. The lowest BCUT2D eigenvalue weighted by Crippen LogP contribution is -2.48. The molecule has 0 saturated carbocycles. The highest BCUT2D eigenvalue weighted by molar-refractivity contribution is 9.10. The molecule has 2 aromatic carbocycles. The second-order valence-electron chi connectivity index (χ2n) is 6.51. The van der Waals surface area contributed by atoms with Gasteiger partial charge in [0.2, 0.25) is 15.9 Å². The Balaban J connectivity index is 1.60. The molecule has 0 spiro atoms. The van der Waals surface area contributed by atoms with Gasteiger partial charge in [-0.3, -0.25) is 9.69 Å². The van der Waals surface area contributed by atoms with Crippen molar-refractivity contribution in [2.24, 2.45) is 0 Å². The number of sulfonamides is 1. The summed E-state index contributed by atoms with van der Waals surface area (Å²) in [5, 5.41) is 2.64. The summed E-state index contributed by atoms with van der Waals surface area (Å²) in [6.45, 7) is 4.54. The Morgan fingerprint density at radius 1 is 1.00 bits per heavy atom. The molecule has 1 N–H and O–H groups in total. The van der Waals surface area contributed by atoms with Gasteiger partial charge >= 0.3 is 0 Å². The van der Waals surface area contributed by atoms with E-state index in [4.69, 9.17) is 0 Å². The van der Waals surface area contributed by atoms with Crippen LogP contribution in [0.1, 0.15) is 12.5 Å². The van der Waals surface area contributed by atoms with E-state index in [0.29, 0.717) is 31.9 Å². The standard InChI is InChI=1S/C19H22BrN3O3S/c1-15(24)21-18-6-8-19(9-7-18)27(25,26)23-12-10-22(11-13-23)14-16-2-4-17(20)5-3-16/h2-9H,10-14H2,1H3,(H,21,24). The summed E-state index contributed by atoms with van der Waals surface area (Å²) >= 11 is 3.43. The molecule has 0 atom stereocenters. The third kappa shape index (κ3) is 5.16. The number of piperazine rings is 1. The predicted octanol–water partition coefficient (Wildman–Crippen LogP) is 2.91. The fraction of sp³-hybridized carbons (Fsp3) is 0.316. The SMILES string of the molecule is CC(=O)Nc1ccc(S(=O)(=O)N2CCN(Cc3ccc(Br)cc3)CC2)cc1. The molecule has 3 rings (SSSR count). The van der Waals surface area contributed by atoms with Gasteiger partial charge < -0.3 is 5.32 Å². The number of carbonyl (C=O) groups is 1. The number of amides is 1. The lowest BCUT2D eigenvalue weighted by Gasteiger charge is -2.34. The summed E-state index contributed by atoms with van der Waals surface area (Å²) < 4.78 is 28.3. The summed E-state index contributed by atoms with van der Waals surface area (Å²) in [5.41, 5.74) is 1.80. The van der Waals surface area contributed by atoms with Crippen LogP contribution in [0.25, 0.3) is 0 Å². The number of hydrogen-bond donors (Lipinski definition) is 1. The zero-order chi connectivity index (χ0) is 19.4. The maximum Gasteiger partial charge on any atom is 0.243 e. The van der Waals surface area contributed by atoms with Crippen LogP contribution in [-0.4, -0.2) is 49.7 Å². The van der Waals surface area contributed by atoms with Crippen molar-refractivity contribution in [2.45, 2.75) is 18.4 Å². The topological polar surface area (TPSA) is 69.7 Å². The lowest BCUT2D eigenvalue weighted by atomic mass is 10.2. The van der Waals surface area contributed by atoms with Gasteiger partial charge in [0.25, 0.3) is 0 Å². The van der Waals surface area contributed by atoms with E-state index in [-0.39, 0.29) is 10.8 Å². The van der Waals surface area contributed by atoms with Crippen molar-refractivity contribution in [3.05, 3.63) is 58.6 Å². The summed E-state index contributed by atoms with van der Waals surface area (Å²) in [4.78, 5) is 13.6. The van der Waals surface area contributed by atoms with Gasteiger partial charge in [-0.2, -0.15) is 4.31 Å². The first-order valence-corrected chi connectivity index (χ1v) is 10.9. The monoisotopic (exact) mass is 451 g/mol. The molecule has 1 heterocycles. The van der Waals surface area contributed by atoms with E-state index in [1.54, 1.807) is 12.1 Å². The highest BCUT2D eigenvalue weighted by Gasteiger charge is 2.28. The van der Waals surface area contributed by atoms with E-state index in [1.807, 2.05) is 12.1 Å². The zero-order valence-corrected chi connectivity index (χ0v) is 17.5. The number of halogens is 1. The Morgan fingerprint density at radius 2 is 1.59 bits per heavy atom. The molecule has 27 heavy (non-hydrogen) atoms. The zero-order valence-electron chi connectivity index (χ0n) is 15.1. The van der Waals surface area contributed by atoms with Crippen LogP contribution in [-0.2, 0) is 21.4 Å². The van der Waals surface area contributed by atoms with E-state index >= 15 is 0 Å². The van der Waals surface area contributed by atoms with E-state index in [1.165, 1.54) is 28.9 Å². The van der Waals surface area contributed by atoms with Crippen molar-refractivity contribution >= 4 is 37.5 Å². The largest absolute Gasteiger partial charge is 0.326 e. The van der Waals surface area contributed by atoms with Gasteiger partial charge in [0.15, 0.2) is 0 Å². The molecule has 2 aromatic rings. The van der Waals surface area contributed by atoms with Crippen LogP contribution in [0.5, 0.6) is 0 Å². The Kier molecular flexibility index (Phi) is 6.31. The number of rotatable bonds is 5. The molecule has 0 aromatic heterocycles. The molecular formula is C19H22BrN3O3S. The molecule has 1 amide bonds. The van der Waals surface area contributed by atoms with Gasteiger partial charge in [0.05, 0.1) is 4.90 Å². The van der Waals surface area contributed by atoms with Crippen molar-refractivity contribution in [1.82, 2.24) is 9.21 Å². The average molecular weight is 452 g/mol. The maximum absolute atomic E-state index is 12.8. The van der Waals surface area contributed by atoms with Crippen molar-refractivity contribution < 1.29 is 13.2 Å². The van der Waals surface area contributed by atoms with Gasteiger partial charge in [-0.25, -0.2) is 8.42 Å². The number of hydrogen-bond acceptors (Lipinski definition) is 4. The molecule has 1 saturated heterocycles. The van der Waals surface area contributed by atoms with Crippen LogP contribution < -0.4 is 5.32 Å². The first-order chi connectivity index (χ1) is 12.8. The molecule has 0 bridgehead atoms. The van der Waals surface area contributed by atoms with Crippen LogP contribution in [0.2, 0.25) is 0 Å². The van der Waals surface area contributed by atoms with Crippen molar-refractivity contribution in [2.75, 3.05) is 31.5 Å². The van der Waals surface area contributed by atoms with E-state index < -0.39 is 10.0 Å². The van der Waals surface area contributed by atoms with Crippen molar-refractivity contribution in [3.8, 4) is 0 Å². The van der Waals surface area contributed by atoms with Crippen LogP contribution in [0.4, 0.5) is 5.69 Å². The summed E-state index contributed by atoms with van der Waals surface area (Å²) in [6, 6.07) is 14.5. The summed E-state index contributed by atoms with van der Waals surface area (Å²) in [5.74, 6) is -0.187. The Hall–Kier alpha value is -1.74. The molecule has 8 heteroatoms. The Bertz CT molecular complexity index is 891. The van der Waals surface area contributed by atoms with E-state index in [9.17, 15) is 13.2 Å². The fourth-order valence-corrected chi connectivity index (χ4v) is 4.73. The van der Waals surface area contributed by atoms with Crippen LogP contribution in [0.3, 0.4) is 0 Å². The van der Waals surface area contributed by atoms with Crippen molar-refractivity contribution in [3.63, 3.8) is 0 Å². The van der Waals surface area contributed by atoms with E-state index in [2.05, 4.69) is 38.3 Å². The molecule has 144 valence electrons. The second-order valence-corrected chi connectivity index (χ2v) is 9.37. The summed E-state index contributed by atoms with van der Waals surface area (Å²) in [7, 11) is -3.52. The quantitative estimate of drug-likeness (QED) is 0.758. The van der Waals surface area contributed by atoms with E-state index in [0.717, 1.165) is 11.0 Å². The molecular weight excluding hydrogens is 430 g/mol. The van der Waals surface area contributed by atoms with Gasteiger partial charge in [-0.1, -0.05) is 28.1 Å². The number of nitrogens with one attached hydrogen (secondary N) is 1. The second kappa shape index (κ2) is 8.52. The number of benzene rings is 2. The molecule has 0 unspecified atom stereocenters. The summed E-state index contributed by atoms with van der Waals surface area (Å²) in [6.07, 6.45) is 0. The van der Waals surface area contributed by atoms with Gasteiger partial charge in [-0.15, -0.1) is 0 Å². The minimum absolute atomic E-state index is 0.187. The smallest absolute Gasteiger partial charge is 0.243 e. The van der Waals surface area contributed by atoms with Crippen LogP contribution >= 0.6 is 15.9 Å². The molecule has 0 radical (unpaired) electrons. The molecule has 1 aliphatic heterocycles.